The van der Waals surface area contributed by atoms with Crippen LogP contribution in [0.1, 0.15) is 20.7 Å². The molecular weight excluding hydrogens is 396 g/mol. The lowest BCUT2D eigenvalue weighted by atomic mass is 9.94. The normalized spacial score (nSPS) is 10.6. The molecule has 156 valence electrons. The zero-order valence-electron chi connectivity index (χ0n) is 15.8. The van der Waals surface area contributed by atoms with Crippen LogP contribution in [0.2, 0.25) is 0 Å². The Bertz CT molecular complexity index is 1150. The minimum absolute atomic E-state index is 0.0487. The summed E-state index contributed by atoms with van der Waals surface area (Å²) in [6.07, 6.45) is 4.93. The summed E-state index contributed by atoms with van der Waals surface area (Å²) >= 11 is 0. The van der Waals surface area contributed by atoms with Gasteiger partial charge in [-0.1, -0.05) is 12.1 Å². The third-order valence-corrected chi connectivity index (χ3v) is 4.30. The number of ether oxygens (including phenoxy) is 2. The van der Waals surface area contributed by atoms with E-state index in [4.69, 9.17) is 15.2 Å². The summed E-state index contributed by atoms with van der Waals surface area (Å²) in [6.45, 7) is 0.541. The molecule has 30 heavy (non-hydrogen) atoms. The predicted molar refractivity (Wildman–Crippen MR) is 105 cm³/mol. The number of imidazole rings is 1. The number of aromatic nitrogens is 3. The molecule has 0 aliphatic rings. The second-order valence-electron chi connectivity index (χ2n) is 6.09. The Balaban J connectivity index is 2.21. The molecule has 11 heteroatoms. The number of anilines is 1. The Hall–Kier alpha value is -4.28. The smallest absolute Gasteiger partial charge is 0.342 e. The monoisotopic (exact) mass is 414 g/mol. The molecular formula is C19H18N4O7. The van der Waals surface area contributed by atoms with Crippen LogP contribution in [0.5, 0.6) is 11.5 Å². The van der Waals surface area contributed by atoms with Gasteiger partial charge in [0, 0.05) is 23.5 Å². The topological polar surface area (TPSA) is 170 Å². The molecule has 0 saturated heterocycles. The maximum Gasteiger partial charge on any atom is 0.342 e. The van der Waals surface area contributed by atoms with Crippen LogP contribution in [0.15, 0.2) is 41.7 Å². The Morgan fingerprint density at radius 1 is 1.23 bits per heavy atom. The molecule has 3 rings (SSSR count). The van der Waals surface area contributed by atoms with Crippen LogP contribution >= 0.6 is 0 Å². The van der Waals surface area contributed by atoms with Gasteiger partial charge in [-0.05, 0) is 6.07 Å². The number of hydrogen-bond donors (Lipinski definition) is 4. The van der Waals surface area contributed by atoms with E-state index in [1.807, 2.05) is 0 Å². The number of rotatable bonds is 8. The highest BCUT2D eigenvalue weighted by molar-refractivity contribution is 6.08. The summed E-state index contributed by atoms with van der Waals surface area (Å²) in [7, 11) is 1.38. The van der Waals surface area contributed by atoms with Gasteiger partial charge in [-0.3, -0.25) is 4.79 Å². The highest BCUT2D eigenvalue weighted by Gasteiger charge is 2.29. The van der Waals surface area contributed by atoms with Crippen molar-refractivity contribution in [2.24, 2.45) is 0 Å². The quantitative estimate of drug-likeness (QED) is 0.424. The number of carboxylic acids is 2. The summed E-state index contributed by atoms with van der Waals surface area (Å²) in [5, 5.41) is 19.2. The van der Waals surface area contributed by atoms with Crippen molar-refractivity contribution >= 4 is 17.8 Å². The molecule has 3 aromatic rings. The maximum absolute atomic E-state index is 12.3. The number of benzene rings is 1. The number of nitrogen functional groups attached to an aromatic ring is 1. The molecule has 0 spiro atoms. The Kier molecular flexibility index (Phi) is 5.72. The summed E-state index contributed by atoms with van der Waals surface area (Å²) in [4.78, 5) is 42.0. The number of nitrogens with two attached hydrogens (primary N) is 1. The molecule has 2 aromatic heterocycles. The van der Waals surface area contributed by atoms with Crippen molar-refractivity contribution in [3.8, 4) is 22.6 Å². The first-order valence-corrected chi connectivity index (χ1v) is 8.63. The van der Waals surface area contributed by atoms with Gasteiger partial charge in [0.05, 0.1) is 20.0 Å². The van der Waals surface area contributed by atoms with Crippen molar-refractivity contribution in [2.45, 2.75) is 6.54 Å². The molecule has 5 N–H and O–H groups in total. The molecule has 0 aliphatic carbocycles. The first-order valence-electron chi connectivity index (χ1n) is 8.63. The average Bonchev–Trinajstić information content (AvgIpc) is 3.20. The highest BCUT2D eigenvalue weighted by Crippen LogP contribution is 2.41. The fourth-order valence-electron chi connectivity index (χ4n) is 3.01. The van der Waals surface area contributed by atoms with E-state index in [0.29, 0.717) is 6.54 Å². The summed E-state index contributed by atoms with van der Waals surface area (Å²) in [5.74, 6) is -3.28. The molecule has 0 amide bonds. The van der Waals surface area contributed by atoms with Crippen LogP contribution in [0.25, 0.3) is 11.1 Å². The van der Waals surface area contributed by atoms with Gasteiger partial charge in [0.1, 0.15) is 23.6 Å². The van der Waals surface area contributed by atoms with E-state index in [0.717, 1.165) is 0 Å². The molecule has 0 radical (unpaired) electrons. The van der Waals surface area contributed by atoms with E-state index in [1.165, 1.54) is 19.2 Å². The first-order chi connectivity index (χ1) is 14.3. The number of aromatic amines is 1. The summed E-state index contributed by atoms with van der Waals surface area (Å²) < 4.78 is 12.9. The standard InChI is InChI=1S/C19H18N4O7/c1-29-11-4-2-3-10(15(11)30-8-7-23-6-5-21-9-23)12-13(18(25)26)16(20)22-17(24)14(12)19(27)28/h2-6,9H,7-8H2,1H3,(H,25,26)(H,27,28)(H3,20,22,24). The number of hydrogen-bond acceptors (Lipinski definition) is 7. The second-order valence-corrected chi connectivity index (χ2v) is 6.09. The SMILES string of the molecule is COc1cccc(-c2c(C(=O)O)c(N)[nH]c(=O)c2C(=O)O)c1OCCn1ccnc1. The molecule has 0 bridgehead atoms. The number of H-pyrrole nitrogens is 1. The lowest BCUT2D eigenvalue weighted by molar-refractivity contribution is 0.0695. The van der Waals surface area contributed by atoms with Crippen LogP contribution in [0, 0.1) is 0 Å². The lowest BCUT2D eigenvalue weighted by Crippen LogP contribution is -2.24. The van der Waals surface area contributed by atoms with Gasteiger partial charge < -0.3 is 35.0 Å². The van der Waals surface area contributed by atoms with Crippen LogP contribution in [-0.2, 0) is 6.54 Å². The van der Waals surface area contributed by atoms with Crippen LogP contribution in [0.3, 0.4) is 0 Å². The van der Waals surface area contributed by atoms with Gasteiger partial charge in [-0.2, -0.15) is 0 Å². The molecule has 2 heterocycles. The highest BCUT2D eigenvalue weighted by atomic mass is 16.5. The van der Waals surface area contributed by atoms with Gasteiger partial charge >= 0.3 is 11.9 Å². The van der Waals surface area contributed by atoms with E-state index in [-0.39, 0.29) is 29.2 Å². The lowest BCUT2D eigenvalue weighted by Gasteiger charge is -2.18. The number of carboxylic acid groups (broad SMARTS) is 2. The van der Waals surface area contributed by atoms with Crippen molar-refractivity contribution in [3.63, 3.8) is 0 Å². The van der Waals surface area contributed by atoms with Crippen molar-refractivity contribution in [1.82, 2.24) is 14.5 Å². The Morgan fingerprint density at radius 2 is 1.97 bits per heavy atom. The number of carbonyl (C=O) groups is 2. The van der Waals surface area contributed by atoms with Crippen LogP contribution in [0.4, 0.5) is 5.82 Å². The van der Waals surface area contributed by atoms with Crippen LogP contribution in [-0.4, -0.2) is 50.4 Å². The Labute approximate surface area is 169 Å². The largest absolute Gasteiger partial charge is 0.493 e. The molecule has 0 unspecified atom stereocenters. The maximum atomic E-state index is 12.3. The van der Waals surface area contributed by atoms with E-state index in [2.05, 4.69) is 9.97 Å². The van der Waals surface area contributed by atoms with Gasteiger partial charge in [-0.25, -0.2) is 14.6 Å². The van der Waals surface area contributed by atoms with Crippen LogP contribution < -0.4 is 20.8 Å². The summed E-state index contributed by atoms with van der Waals surface area (Å²) in [6, 6.07) is 4.52. The average molecular weight is 414 g/mol. The van der Waals surface area contributed by atoms with Gasteiger partial charge in [0.15, 0.2) is 11.5 Å². The van der Waals surface area contributed by atoms with Gasteiger partial charge in [-0.15, -0.1) is 0 Å². The molecule has 0 aliphatic heterocycles. The van der Waals surface area contributed by atoms with Crippen molar-refractivity contribution in [1.29, 1.82) is 0 Å². The van der Waals surface area contributed by atoms with E-state index < -0.39 is 34.4 Å². The number of methoxy groups -OCH3 is 1. The molecule has 11 nitrogen and oxygen atoms in total. The second kappa shape index (κ2) is 8.39. The van der Waals surface area contributed by atoms with Crippen molar-refractivity contribution < 1.29 is 29.3 Å². The predicted octanol–water partition coefficient (Wildman–Crippen LogP) is 1.30. The number of pyridine rings is 1. The Morgan fingerprint density at radius 3 is 2.57 bits per heavy atom. The minimum atomic E-state index is -1.61. The fraction of sp³-hybridized carbons (Fsp3) is 0.158. The van der Waals surface area contributed by atoms with E-state index in [9.17, 15) is 24.6 Å². The number of para-hydroxylation sites is 1. The number of nitrogens with zero attached hydrogens (tertiary/aromatic N) is 2. The number of nitrogens with one attached hydrogen (secondary N) is 1. The zero-order chi connectivity index (χ0) is 21.8. The fourth-order valence-corrected chi connectivity index (χ4v) is 3.01. The summed E-state index contributed by atoms with van der Waals surface area (Å²) in [5.41, 5.74) is 3.02. The third-order valence-electron chi connectivity index (χ3n) is 4.30. The molecule has 0 fully saturated rings. The van der Waals surface area contributed by atoms with E-state index >= 15 is 0 Å². The number of aromatic carboxylic acids is 2. The molecule has 0 saturated carbocycles. The van der Waals surface area contributed by atoms with Crippen molar-refractivity contribution in [3.05, 3.63) is 58.4 Å². The van der Waals surface area contributed by atoms with Gasteiger partial charge in [0.2, 0.25) is 0 Å². The van der Waals surface area contributed by atoms with E-state index in [1.54, 1.807) is 29.4 Å². The third kappa shape index (κ3) is 3.81. The zero-order valence-corrected chi connectivity index (χ0v) is 15.8. The molecule has 0 atom stereocenters. The minimum Gasteiger partial charge on any atom is -0.493 e. The van der Waals surface area contributed by atoms with Crippen molar-refractivity contribution in [2.75, 3.05) is 19.5 Å². The molecule has 1 aromatic carbocycles. The first kappa shape index (κ1) is 20.5. The van der Waals surface area contributed by atoms with Gasteiger partial charge in [0.25, 0.3) is 5.56 Å².